The number of anilines is 1. The smallest absolute Gasteiger partial charge is 0.254 e. The Balaban J connectivity index is 1.24. The number of aromatic nitrogens is 2. The molecule has 198 valence electrons. The Hall–Kier alpha value is -4.02. The minimum Gasteiger partial charge on any atom is -0.497 e. The number of nitrogens with one attached hydrogen (secondary N) is 2. The standard InChI is InChI=1S/C28H31N5O5/c1-37-22-4-2-3-18(13-22)25(17-34)31-26(35)16-33-15-20-6-5-19(14-23(20)27(33)36)24-7-10-29-28(32-24)30-21-8-11-38-12-9-21/h2-7,10,13-14,21,25,34H,8-9,11-12,15-17H2,1H3,(H,31,35)(H,29,30,32)/t25-/m1/s1. The number of amides is 2. The molecule has 3 aromatic rings. The van der Waals surface area contributed by atoms with Gasteiger partial charge in [0.1, 0.15) is 12.3 Å². The third kappa shape index (κ3) is 5.76. The van der Waals surface area contributed by atoms with E-state index in [1.54, 1.807) is 37.6 Å². The molecule has 10 nitrogen and oxygen atoms in total. The Kier molecular flexibility index (Phi) is 7.81. The van der Waals surface area contributed by atoms with Gasteiger partial charge in [-0.2, -0.15) is 0 Å². The Labute approximate surface area is 221 Å². The number of carbonyl (C=O) groups is 2. The van der Waals surface area contributed by atoms with Crippen LogP contribution in [-0.4, -0.2) is 71.3 Å². The third-order valence-electron chi connectivity index (χ3n) is 6.84. The van der Waals surface area contributed by atoms with Crippen LogP contribution in [-0.2, 0) is 16.1 Å². The van der Waals surface area contributed by atoms with Crippen LogP contribution in [0.3, 0.4) is 0 Å². The van der Waals surface area contributed by atoms with E-state index in [0.717, 1.165) is 42.7 Å². The zero-order valence-electron chi connectivity index (χ0n) is 21.2. The van der Waals surface area contributed by atoms with E-state index in [4.69, 9.17) is 9.47 Å². The van der Waals surface area contributed by atoms with Gasteiger partial charge in [-0.15, -0.1) is 0 Å². The summed E-state index contributed by atoms with van der Waals surface area (Å²) in [5, 5.41) is 16.0. The van der Waals surface area contributed by atoms with Gasteiger partial charge in [-0.05, 0) is 48.2 Å². The lowest BCUT2D eigenvalue weighted by atomic mass is 10.0. The molecule has 1 saturated heterocycles. The summed E-state index contributed by atoms with van der Waals surface area (Å²) in [6, 6.07) is 14.3. The number of benzene rings is 2. The minimum atomic E-state index is -0.606. The van der Waals surface area contributed by atoms with E-state index >= 15 is 0 Å². The number of aliphatic hydroxyl groups is 1. The van der Waals surface area contributed by atoms with E-state index in [2.05, 4.69) is 20.6 Å². The zero-order valence-corrected chi connectivity index (χ0v) is 21.2. The molecule has 10 heteroatoms. The summed E-state index contributed by atoms with van der Waals surface area (Å²) < 4.78 is 10.6. The van der Waals surface area contributed by atoms with Crippen LogP contribution in [0.1, 0.15) is 40.4 Å². The second kappa shape index (κ2) is 11.6. The summed E-state index contributed by atoms with van der Waals surface area (Å²) in [6.07, 6.45) is 3.52. The van der Waals surface area contributed by atoms with Crippen molar-refractivity contribution in [3.8, 4) is 17.0 Å². The summed E-state index contributed by atoms with van der Waals surface area (Å²) in [4.78, 5) is 36.5. The maximum atomic E-state index is 13.2. The van der Waals surface area contributed by atoms with Gasteiger partial charge >= 0.3 is 0 Å². The largest absolute Gasteiger partial charge is 0.497 e. The molecule has 5 rings (SSSR count). The summed E-state index contributed by atoms with van der Waals surface area (Å²) >= 11 is 0. The summed E-state index contributed by atoms with van der Waals surface area (Å²) in [6.45, 7) is 1.39. The van der Waals surface area contributed by atoms with Crippen LogP contribution >= 0.6 is 0 Å². The number of rotatable bonds is 9. The highest BCUT2D eigenvalue weighted by Crippen LogP contribution is 2.28. The summed E-state index contributed by atoms with van der Waals surface area (Å²) in [5.74, 6) is 0.613. The van der Waals surface area contributed by atoms with Crippen LogP contribution in [0.15, 0.2) is 54.7 Å². The van der Waals surface area contributed by atoms with E-state index in [1.165, 1.54) is 4.90 Å². The highest BCUT2D eigenvalue weighted by Gasteiger charge is 2.30. The molecule has 2 aliphatic heterocycles. The molecule has 2 aromatic carbocycles. The van der Waals surface area contributed by atoms with Gasteiger partial charge in [-0.25, -0.2) is 9.97 Å². The lowest BCUT2D eigenvalue weighted by Crippen LogP contribution is -2.40. The van der Waals surface area contributed by atoms with Crippen LogP contribution in [0.2, 0.25) is 0 Å². The van der Waals surface area contributed by atoms with E-state index in [-0.39, 0.29) is 31.0 Å². The molecule has 0 spiro atoms. The van der Waals surface area contributed by atoms with Gasteiger partial charge in [0.05, 0.1) is 25.5 Å². The molecule has 2 aliphatic rings. The highest BCUT2D eigenvalue weighted by atomic mass is 16.5. The molecule has 3 N–H and O–H groups in total. The Morgan fingerprint density at radius 2 is 2.05 bits per heavy atom. The minimum absolute atomic E-state index is 0.115. The van der Waals surface area contributed by atoms with Gasteiger partial charge in [-0.1, -0.05) is 24.3 Å². The maximum absolute atomic E-state index is 13.2. The van der Waals surface area contributed by atoms with Gasteiger partial charge in [0.25, 0.3) is 5.91 Å². The predicted octanol–water partition coefficient (Wildman–Crippen LogP) is 2.55. The molecule has 3 heterocycles. The van der Waals surface area contributed by atoms with Crippen LogP contribution in [0.5, 0.6) is 5.75 Å². The van der Waals surface area contributed by atoms with Gasteiger partial charge in [0.2, 0.25) is 11.9 Å². The molecule has 2 amide bonds. The molecule has 0 saturated carbocycles. The Morgan fingerprint density at radius 3 is 2.84 bits per heavy atom. The number of ether oxygens (including phenoxy) is 2. The molecule has 0 bridgehead atoms. The molecule has 1 fully saturated rings. The zero-order chi connectivity index (χ0) is 26.5. The molecule has 0 aliphatic carbocycles. The molecule has 38 heavy (non-hydrogen) atoms. The molecule has 0 radical (unpaired) electrons. The van der Waals surface area contributed by atoms with E-state index < -0.39 is 6.04 Å². The molecule has 1 aromatic heterocycles. The van der Waals surface area contributed by atoms with Crippen molar-refractivity contribution in [2.75, 3.05) is 38.8 Å². The first-order chi connectivity index (χ1) is 18.5. The summed E-state index contributed by atoms with van der Waals surface area (Å²) in [5.41, 5.74) is 3.65. The number of fused-ring (bicyclic) bond motifs is 1. The lowest BCUT2D eigenvalue weighted by Gasteiger charge is -2.23. The normalized spacial score (nSPS) is 16.2. The number of aliphatic hydroxyl groups excluding tert-OH is 1. The van der Waals surface area contributed by atoms with Crippen molar-refractivity contribution in [3.05, 3.63) is 71.4 Å². The SMILES string of the molecule is COc1cccc([C@@H](CO)NC(=O)CN2Cc3ccc(-c4ccnc(NC5CCOCC5)n4)cc3C2=O)c1. The van der Waals surface area contributed by atoms with E-state index in [9.17, 15) is 14.7 Å². The lowest BCUT2D eigenvalue weighted by molar-refractivity contribution is -0.122. The van der Waals surface area contributed by atoms with E-state index in [1.807, 2.05) is 24.3 Å². The Morgan fingerprint density at radius 1 is 1.21 bits per heavy atom. The fourth-order valence-electron chi connectivity index (χ4n) is 4.77. The number of methoxy groups -OCH3 is 1. The maximum Gasteiger partial charge on any atom is 0.254 e. The van der Waals surface area contributed by atoms with Gasteiger partial charge in [-0.3, -0.25) is 9.59 Å². The second-order valence-electron chi connectivity index (χ2n) is 9.41. The van der Waals surface area contributed by atoms with Crippen molar-refractivity contribution in [1.82, 2.24) is 20.2 Å². The van der Waals surface area contributed by atoms with Crippen molar-refractivity contribution in [3.63, 3.8) is 0 Å². The van der Waals surface area contributed by atoms with Gasteiger partial charge in [0, 0.05) is 43.1 Å². The molecular weight excluding hydrogens is 486 g/mol. The molecule has 1 atom stereocenters. The average Bonchev–Trinajstić information content (AvgIpc) is 3.26. The van der Waals surface area contributed by atoms with E-state index in [0.29, 0.717) is 29.5 Å². The van der Waals surface area contributed by atoms with Gasteiger partial charge in [0.15, 0.2) is 0 Å². The first-order valence-electron chi connectivity index (χ1n) is 12.7. The average molecular weight is 518 g/mol. The first kappa shape index (κ1) is 25.6. The number of carbonyl (C=O) groups excluding carboxylic acids is 2. The molecular formula is C28H31N5O5. The van der Waals surface area contributed by atoms with Gasteiger partial charge < -0.3 is 30.1 Å². The Bertz CT molecular complexity index is 1310. The second-order valence-corrected chi connectivity index (χ2v) is 9.41. The van der Waals surface area contributed by atoms with Crippen molar-refractivity contribution in [2.45, 2.75) is 31.5 Å². The first-order valence-corrected chi connectivity index (χ1v) is 12.7. The fraction of sp³-hybridized carbons (Fsp3) is 0.357. The third-order valence-corrected chi connectivity index (χ3v) is 6.84. The number of hydrogen-bond acceptors (Lipinski definition) is 8. The number of hydrogen-bond donors (Lipinski definition) is 3. The monoisotopic (exact) mass is 517 g/mol. The van der Waals surface area contributed by atoms with Crippen molar-refractivity contribution in [2.24, 2.45) is 0 Å². The number of nitrogens with zero attached hydrogens (tertiary/aromatic N) is 3. The van der Waals surface area contributed by atoms with Crippen molar-refractivity contribution >= 4 is 17.8 Å². The predicted molar refractivity (Wildman–Crippen MR) is 141 cm³/mol. The topological polar surface area (TPSA) is 126 Å². The highest BCUT2D eigenvalue weighted by molar-refractivity contribution is 6.01. The van der Waals surface area contributed by atoms with Crippen LogP contribution in [0, 0.1) is 0 Å². The van der Waals surface area contributed by atoms with Crippen LogP contribution in [0.4, 0.5) is 5.95 Å². The quantitative estimate of drug-likeness (QED) is 0.395. The molecule has 0 unspecified atom stereocenters. The van der Waals surface area contributed by atoms with Crippen molar-refractivity contribution < 1.29 is 24.2 Å². The van der Waals surface area contributed by atoms with Crippen molar-refractivity contribution in [1.29, 1.82) is 0 Å². The fourth-order valence-corrected chi connectivity index (χ4v) is 4.77. The van der Waals surface area contributed by atoms with Crippen LogP contribution in [0.25, 0.3) is 11.3 Å². The summed E-state index contributed by atoms with van der Waals surface area (Å²) in [7, 11) is 1.56. The van der Waals surface area contributed by atoms with Crippen LogP contribution < -0.4 is 15.4 Å².